The molecule has 0 aromatic heterocycles. The van der Waals surface area contributed by atoms with E-state index < -0.39 is 0 Å². The number of hydrogen-bond acceptors (Lipinski definition) is 4. The Morgan fingerprint density at radius 1 is 1.22 bits per heavy atom. The molecule has 5 heteroatoms. The number of ether oxygens (including phenoxy) is 1. The Hall–Kier alpha value is -2.53. The molecule has 0 spiro atoms. The van der Waals surface area contributed by atoms with Crippen molar-refractivity contribution in [1.82, 2.24) is 5.32 Å². The Balaban J connectivity index is 2.09. The molecule has 122 valence electrons. The van der Waals surface area contributed by atoms with Crippen LogP contribution in [0.4, 0.5) is 5.69 Å². The first-order valence-corrected chi connectivity index (χ1v) is 7.51. The Kier molecular flexibility index (Phi) is 6.00. The third-order valence-corrected chi connectivity index (χ3v) is 3.59. The van der Waals surface area contributed by atoms with Gasteiger partial charge in [0, 0.05) is 24.3 Å². The number of nitrogens with one attached hydrogen (secondary N) is 2. The number of carbonyl (C=O) groups is 1. The van der Waals surface area contributed by atoms with E-state index in [1.807, 2.05) is 43.3 Å². The van der Waals surface area contributed by atoms with Crippen LogP contribution >= 0.6 is 0 Å². The van der Waals surface area contributed by atoms with Gasteiger partial charge in [-0.25, -0.2) is 0 Å². The lowest BCUT2D eigenvalue weighted by Crippen LogP contribution is -2.27. The molecule has 2 aromatic rings. The molecule has 0 saturated carbocycles. The van der Waals surface area contributed by atoms with Crippen molar-refractivity contribution in [3.05, 3.63) is 59.2 Å². The molecule has 23 heavy (non-hydrogen) atoms. The zero-order valence-corrected chi connectivity index (χ0v) is 13.4. The van der Waals surface area contributed by atoms with E-state index >= 15 is 0 Å². The molecule has 2 aromatic carbocycles. The highest BCUT2D eigenvalue weighted by atomic mass is 16.5. The van der Waals surface area contributed by atoms with E-state index in [4.69, 9.17) is 9.84 Å². The minimum atomic E-state index is -0.179. The summed E-state index contributed by atoms with van der Waals surface area (Å²) in [7, 11) is 1.64. The van der Waals surface area contributed by atoms with E-state index in [1.54, 1.807) is 13.2 Å². The van der Waals surface area contributed by atoms with E-state index in [-0.39, 0.29) is 19.1 Å². The number of rotatable bonds is 7. The molecule has 0 aliphatic heterocycles. The summed E-state index contributed by atoms with van der Waals surface area (Å²) in [6.45, 7) is 2.72. The van der Waals surface area contributed by atoms with Crippen molar-refractivity contribution in [3.63, 3.8) is 0 Å². The molecule has 3 N–H and O–H groups in total. The van der Waals surface area contributed by atoms with Crippen LogP contribution in [0.25, 0.3) is 0 Å². The lowest BCUT2D eigenvalue weighted by Gasteiger charge is -2.13. The van der Waals surface area contributed by atoms with Crippen LogP contribution in [0.1, 0.15) is 21.5 Å². The Morgan fingerprint density at radius 2 is 2.00 bits per heavy atom. The maximum Gasteiger partial charge on any atom is 0.251 e. The zero-order valence-electron chi connectivity index (χ0n) is 13.4. The quantitative estimate of drug-likeness (QED) is 0.733. The average molecular weight is 314 g/mol. The van der Waals surface area contributed by atoms with Gasteiger partial charge in [0.1, 0.15) is 5.75 Å². The third kappa shape index (κ3) is 4.47. The van der Waals surface area contributed by atoms with Gasteiger partial charge in [-0.05, 0) is 42.3 Å². The monoisotopic (exact) mass is 314 g/mol. The Labute approximate surface area is 136 Å². The summed E-state index contributed by atoms with van der Waals surface area (Å²) >= 11 is 0. The van der Waals surface area contributed by atoms with Gasteiger partial charge in [0.05, 0.1) is 13.7 Å². The van der Waals surface area contributed by atoms with Gasteiger partial charge in [-0.2, -0.15) is 0 Å². The molecule has 0 aliphatic carbocycles. The van der Waals surface area contributed by atoms with E-state index in [1.165, 1.54) is 0 Å². The first-order valence-electron chi connectivity index (χ1n) is 7.51. The lowest BCUT2D eigenvalue weighted by molar-refractivity contribution is 0.0944. The number of methoxy groups -OCH3 is 1. The number of anilines is 1. The molecule has 2 rings (SSSR count). The maximum absolute atomic E-state index is 12.1. The average Bonchev–Trinajstić information content (AvgIpc) is 2.59. The predicted octanol–water partition coefficient (Wildman–Crippen LogP) is 2.34. The number of aliphatic hydroxyl groups is 1. The minimum absolute atomic E-state index is 0.0709. The van der Waals surface area contributed by atoms with Crippen molar-refractivity contribution in [2.75, 3.05) is 25.6 Å². The van der Waals surface area contributed by atoms with E-state index in [0.29, 0.717) is 12.1 Å². The van der Waals surface area contributed by atoms with Gasteiger partial charge in [0.15, 0.2) is 0 Å². The standard InChI is InChI=1S/C18H22N2O3/c1-13-16(18(22)19-9-10-21)7-4-8-17(13)20-12-14-5-3-6-15(11-14)23-2/h3-8,11,20-21H,9-10,12H2,1-2H3,(H,19,22). The van der Waals surface area contributed by atoms with E-state index in [9.17, 15) is 4.79 Å². The number of aliphatic hydroxyl groups excluding tert-OH is 1. The van der Waals surface area contributed by atoms with Crippen LogP contribution < -0.4 is 15.4 Å². The molecule has 0 heterocycles. The number of hydrogen-bond donors (Lipinski definition) is 3. The van der Waals surface area contributed by atoms with Crippen LogP contribution in [0.2, 0.25) is 0 Å². The van der Waals surface area contributed by atoms with Gasteiger partial charge in [0.2, 0.25) is 0 Å². The second-order valence-corrected chi connectivity index (χ2v) is 5.16. The van der Waals surface area contributed by atoms with Crippen molar-refractivity contribution in [3.8, 4) is 5.75 Å². The smallest absolute Gasteiger partial charge is 0.251 e. The van der Waals surface area contributed by atoms with Crippen LogP contribution in [0.5, 0.6) is 5.75 Å². The predicted molar refractivity (Wildman–Crippen MR) is 90.9 cm³/mol. The Bertz CT molecular complexity index is 671. The summed E-state index contributed by atoms with van der Waals surface area (Å²) in [6.07, 6.45) is 0. The fourth-order valence-electron chi connectivity index (χ4n) is 2.32. The topological polar surface area (TPSA) is 70.6 Å². The van der Waals surface area contributed by atoms with Crippen LogP contribution in [-0.4, -0.2) is 31.3 Å². The van der Waals surface area contributed by atoms with Crippen LogP contribution in [0.15, 0.2) is 42.5 Å². The van der Waals surface area contributed by atoms with Crippen LogP contribution in [0.3, 0.4) is 0 Å². The first kappa shape index (κ1) is 16.8. The van der Waals surface area contributed by atoms with Gasteiger partial charge in [0.25, 0.3) is 5.91 Å². The van der Waals surface area contributed by atoms with Gasteiger partial charge >= 0.3 is 0 Å². The highest BCUT2D eigenvalue weighted by molar-refractivity contribution is 5.97. The first-order chi connectivity index (χ1) is 11.2. The molecule has 0 bridgehead atoms. The SMILES string of the molecule is COc1cccc(CNc2cccc(C(=O)NCCO)c2C)c1. The molecule has 1 amide bonds. The van der Waals surface area contributed by atoms with Crippen molar-refractivity contribution < 1.29 is 14.6 Å². The second-order valence-electron chi connectivity index (χ2n) is 5.16. The molecule has 0 aliphatic rings. The normalized spacial score (nSPS) is 10.2. The van der Waals surface area contributed by atoms with Crippen molar-refractivity contribution in [2.45, 2.75) is 13.5 Å². The Morgan fingerprint density at radius 3 is 2.74 bits per heavy atom. The third-order valence-electron chi connectivity index (χ3n) is 3.59. The number of amides is 1. The van der Waals surface area contributed by atoms with Crippen LogP contribution in [0, 0.1) is 6.92 Å². The van der Waals surface area contributed by atoms with E-state index in [2.05, 4.69) is 10.6 Å². The van der Waals surface area contributed by atoms with E-state index in [0.717, 1.165) is 22.6 Å². The fraction of sp³-hybridized carbons (Fsp3) is 0.278. The number of carbonyl (C=O) groups excluding carboxylic acids is 1. The molecule has 0 fully saturated rings. The van der Waals surface area contributed by atoms with Gasteiger partial charge < -0.3 is 20.5 Å². The minimum Gasteiger partial charge on any atom is -0.497 e. The molecule has 0 saturated heterocycles. The maximum atomic E-state index is 12.1. The summed E-state index contributed by atoms with van der Waals surface area (Å²) in [5.74, 6) is 0.639. The number of benzene rings is 2. The highest BCUT2D eigenvalue weighted by Gasteiger charge is 2.11. The van der Waals surface area contributed by atoms with Crippen molar-refractivity contribution in [1.29, 1.82) is 0 Å². The molecular formula is C18H22N2O3. The van der Waals surface area contributed by atoms with Gasteiger partial charge in [-0.3, -0.25) is 4.79 Å². The summed E-state index contributed by atoms with van der Waals surface area (Å²) in [4.78, 5) is 12.1. The fourth-order valence-corrected chi connectivity index (χ4v) is 2.32. The molecular weight excluding hydrogens is 292 g/mol. The highest BCUT2D eigenvalue weighted by Crippen LogP contribution is 2.20. The zero-order chi connectivity index (χ0) is 16.7. The summed E-state index contributed by atoms with van der Waals surface area (Å²) in [6, 6.07) is 13.4. The summed E-state index contributed by atoms with van der Waals surface area (Å²) < 4.78 is 5.22. The summed E-state index contributed by atoms with van der Waals surface area (Å²) in [5.41, 5.74) is 3.49. The van der Waals surface area contributed by atoms with Crippen LogP contribution in [-0.2, 0) is 6.54 Å². The molecule has 0 atom stereocenters. The second kappa shape index (κ2) is 8.19. The lowest BCUT2D eigenvalue weighted by atomic mass is 10.1. The summed E-state index contributed by atoms with van der Waals surface area (Å²) in [5, 5.41) is 14.8. The van der Waals surface area contributed by atoms with Gasteiger partial charge in [-0.15, -0.1) is 0 Å². The molecule has 0 radical (unpaired) electrons. The largest absolute Gasteiger partial charge is 0.497 e. The van der Waals surface area contributed by atoms with Crippen molar-refractivity contribution in [2.24, 2.45) is 0 Å². The van der Waals surface area contributed by atoms with Gasteiger partial charge in [-0.1, -0.05) is 18.2 Å². The van der Waals surface area contributed by atoms with Crippen molar-refractivity contribution >= 4 is 11.6 Å². The molecule has 5 nitrogen and oxygen atoms in total. The molecule has 0 unspecified atom stereocenters.